The second-order valence-corrected chi connectivity index (χ2v) is 5.20. The van der Waals surface area contributed by atoms with Crippen molar-refractivity contribution in [3.05, 3.63) is 30.0 Å². The molecule has 1 unspecified atom stereocenters. The van der Waals surface area contributed by atoms with Crippen LogP contribution >= 0.6 is 0 Å². The molecule has 0 radical (unpaired) electrons. The Labute approximate surface area is 116 Å². The van der Waals surface area contributed by atoms with Gasteiger partial charge in [0.2, 0.25) is 11.7 Å². The standard InChI is InChI=1S/C14H17FN4O/c1-2-14(6-3-7-16-9-14)13-18-12(19-20-13)11-5-4-10(15)8-17-11/h4-5,8,16H,2-3,6-7,9H2,1H3. The first kappa shape index (κ1) is 13.2. The molecule has 0 aromatic carbocycles. The summed E-state index contributed by atoms with van der Waals surface area (Å²) in [5, 5.41) is 7.37. The summed E-state index contributed by atoms with van der Waals surface area (Å²) in [4.78, 5) is 8.45. The number of hydrogen-bond acceptors (Lipinski definition) is 5. The first-order chi connectivity index (χ1) is 9.73. The van der Waals surface area contributed by atoms with E-state index in [-0.39, 0.29) is 11.2 Å². The average Bonchev–Trinajstić information content (AvgIpc) is 2.99. The first-order valence-electron chi connectivity index (χ1n) is 6.90. The smallest absolute Gasteiger partial charge is 0.234 e. The zero-order valence-corrected chi connectivity index (χ0v) is 11.4. The molecule has 0 amide bonds. The molecule has 1 aliphatic rings. The third-order valence-corrected chi connectivity index (χ3v) is 3.99. The van der Waals surface area contributed by atoms with Crippen LogP contribution in [0.3, 0.4) is 0 Å². The van der Waals surface area contributed by atoms with Gasteiger partial charge in [-0.3, -0.25) is 0 Å². The number of piperidine rings is 1. The highest BCUT2D eigenvalue weighted by atomic mass is 19.1. The average molecular weight is 276 g/mol. The third kappa shape index (κ3) is 2.31. The monoisotopic (exact) mass is 276 g/mol. The molecule has 1 N–H and O–H groups in total. The van der Waals surface area contributed by atoms with Crippen molar-refractivity contribution in [2.24, 2.45) is 0 Å². The summed E-state index contributed by atoms with van der Waals surface area (Å²) in [5.74, 6) is 0.686. The second kappa shape index (κ2) is 5.28. The van der Waals surface area contributed by atoms with E-state index in [9.17, 15) is 4.39 Å². The molecule has 0 spiro atoms. The number of rotatable bonds is 3. The second-order valence-electron chi connectivity index (χ2n) is 5.20. The van der Waals surface area contributed by atoms with Crippen LogP contribution < -0.4 is 5.32 Å². The van der Waals surface area contributed by atoms with Crippen LogP contribution in [0.15, 0.2) is 22.9 Å². The molecule has 5 nitrogen and oxygen atoms in total. The molecule has 0 bridgehead atoms. The Morgan fingerprint density at radius 2 is 2.35 bits per heavy atom. The lowest BCUT2D eigenvalue weighted by Gasteiger charge is -2.33. The molecule has 6 heteroatoms. The van der Waals surface area contributed by atoms with Gasteiger partial charge in [-0.05, 0) is 37.9 Å². The van der Waals surface area contributed by atoms with E-state index in [2.05, 4.69) is 27.4 Å². The minimum atomic E-state index is -0.376. The highest BCUT2D eigenvalue weighted by Gasteiger charge is 2.37. The number of aromatic nitrogens is 3. The summed E-state index contributed by atoms with van der Waals surface area (Å²) in [6.07, 6.45) is 4.23. The molecule has 3 rings (SSSR count). The van der Waals surface area contributed by atoms with E-state index in [0.717, 1.165) is 38.5 Å². The van der Waals surface area contributed by atoms with Crippen LogP contribution in [0.1, 0.15) is 32.1 Å². The zero-order chi connectivity index (χ0) is 14.0. The molecule has 1 atom stereocenters. The zero-order valence-electron chi connectivity index (χ0n) is 11.4. The Morgan fingerprint density at radius 3 is 3.00 bits per heavy atom. The predicted octanol–water partition coefficient (Wildman–Crippen LogP) is 2.30. The van der Waals surface area contributed by atoms with E-state index in [0.29, 0.717) is 17.4 Å². The van der Waals surface area contributed by atoms with Crippen LogP contribution in [-0.2, 0) is 5.41 Å². The quantitative estimate of drug-likeness (QED) is 0.932. The normalized spacial score (nSPS) is 22.9. The van der Waals surface area contributed by atoms with Crippen LogP contribution in [0.25, 0.3) is 11.5 Å². The maximum absolute atomic E-state index is 12.9. The van der Waals surface area contributed by atoms with Gasteiger partial charge >= 0.3 is 0 Å². The molecule has 2 aromatic rings. The van der Waals surface area contributed by atoms with Crippen molar-refractivity contribution in [2.45, 2.75) is 31.6 Å². The highest BCUT2D eigenvalue weighted by molar-refractivity contribution is 5.47. The van der Waals surface area contributed by atoms with Crippen molar-refractivity contribution in [3.8, 4) is 11.5 Å². The van der Waals surface area contributed by atoms with E-state index < -0.39 is 0 Å². The molecule has 0 saturated carbocycles. The number of nitrogens with zero attached hydrogens (tertiary/aromatic N) is 3. The first-order valence-corrected chi connectivity index (χ1v) is 6.90. The van der Waals surface area contributed by atoms with Gasteiger partial charge in [0.1, 0.15) is 11.5 Å². The Morgan fingerprint density at radius 1 is 1.45 bits per heavy atom. The molecule has 106 valence electrons. The van der Waals surface area contributed by atoms with Crippen molar-refractivity contribution in [1.82, 2.24) is 20.4 Å². The van der Waals surface area contributed by atoms with Gasteiger partial charge in [0.25, 0.3) is 0 Å². The fourth-order valence-corrected chi connectivity index (χ4v) is 2.65. The fraction of sp³-hybridized carbons (Fsp3) is 0.500. The maximum atomic E-state index is 12.9. The summed E-state index contributed by atoms with van der Waals surface area (Å²) in [7, 11) is 0. The molecule has 1 saturated heterocycles. The molecular formula is C14H17FN4O. The summed E-state index contributed by atoms with van der Waals surface area (Å²) in [6, 6.07) is 2.90. The topological polar surface area (TPSA) is 63.8 Å². The van der Waals surface area contributed by atoms with Crippen LogP contribution in [0, 0.1) is 5.82 Å². The number of pyridine rings is 1. The summed E-state index contributed by atoms with van der Waals surface area (Å²) >= 11 is 0. The number of hydrogen-bond donors (Lipinski definition) is 1. The predicted molar refractivity (Wildman–Crippen MR) is 71.6 cm³/mol. The molecule has 1 aliphatic heterocycles. The minimum absolute atomic E-state index is 0.0937. The van der Waals surface area contributed by atoms with Gasteiger partial charge in [0.15, 0.2) is 0 Å². The van der Waals surface area contributed by atoms with Gasteiger partial charge in [-0.2, -0.15) is 4.98 Å². The van der Waals surface area contributed by atoms with Crippen LogP contribution in [0.2, 0.25) is 0 Å². The van der Waals surface area contributed by atoms with E-state index in [4.69, 9.17) is 4.52 Å². The lowest BCUT2D eigenvalue weighted by atomic mass is 9.78. The van der Waals surface area contributed by atoms with E-state index in [1.165, 1.54) is 6.07 Å². The Bertz CT molecular complexity index is 575. The molecule has 1 fully saturated rings. The molecule has 0 aliphatic carbocycles. The Balaban J connectivity index is 1.91. The fourth-order valence-electron chi connectivity index (χ4n) is 2.65. The van der Waals surface area contributed by atoms with Gasteiger partial charge in [0.05, 0.1) is 11.6 Å². The molecular weight excluding hydrogens is 259 g/mol. The SMILES string of the molecule is CCC1(c2nc(-c3ccc(F)cn3)no2)CCCNC1. The molecule has 2 aromatic heterocycles. The maximum Gasteiger partial charge on any atom is 0.234 e. The van der Waals surface area contributed by atoms with Crippen molar-refractivity contribution >= 4 is 0 Å². The van der Waals surface area contributed by atoms with E-state index >= 15 is 0 Å². The van der Waals surface area contributed by atoms with Gasteiger partial charge < -0.3 is 9.84 Å². The van der Waals surface area contributed by atoms with Crippen LogP contribution in [-0.4, -0.2) is 28.2 Å². The third-order valence-electron chi connectivity index (χ3n) is 3.99. The molecule has 3 heterocycles. The van der Waals surface area contributed by atoms with Gasteiger partial charge in [-0.25, -0.2) is 9.37 Å². The summed E-state index contributed by atoms with van der Waals surface area (Å²) in [6.45, 7) is 4.01. The van der Waals surface area contributed by atoms with Crippen molar-refractivity contribution in [3.63, 3.8) is 0 Å². The summed E-state index contributed by atoms with van der Waals surface area (Å²) < 4.78 is 18.3. The Kier molecular flexibility index (Phi) is 3.48. The van der Waals surface area contributed by atoms with Crippen molar-refractivity contribution in [1.29, 1.82) is 0 Å². The van der Waals surface area contributed by atoms with Crippen molar-refractivity contribution < 1.29 is 8.91 Å². The lowest BCUT2D eigenvalue weighted by molar-refractivity contribution is 0.221. The van der Waals surface area contributed by atoms with E-state index in [1.54, 1.807) is 6.07 Å². The summed E-state index contributed by atoms with van der Waals surface area (Å²) in [5.41, 5.74) is 0.431. The van der Waals surface area contributed by atoms with Gasteiger partial charge in [0, 0.05) is 6.54 Å². The van der Waals surface area contributed by atoms with Crippen LogP contribution in [0.4, 0.5) is 4.39 Å². The van der Waals surface area contributed by atoms with Crippen molar-refractivity contribution in [2.75, 3.05) is 13.1 Å². The van der Waals surface area contributed by atoms with Gasteiger partial charge in [-0.1, -0.05) is 12.1 Å². The Hall–Kier alpha value is -1.82. The van der Waals surface area contributed by atoms with Gasteiger partial charge in [-0.15, -0.1) is 0 Å². The largest absolute Gasteiger partial charge is 0.338 e. The lowest BCUT2D eigenvalue weighted by Crippen LogP contribution is -2.43. The van der Waals surface area contributed by atoms with E-state index in [1.807, 2.05) is 0 Å². The minimum Gasteiger partial charge on any atom is -0.338 e. The molecule has 20 heavy (non-hydrogen) atoms. The van der Waals surface area contributed by atoms with Crippen LogP contribution in [0.5, 0.6) is 0 Å². The highest BCUT2D eigenvalue weighted by Crippen LogP contribution is 2.34. The number of nitrogens with one attached hydrogen (secondary N) is 1. The number of halogens is 1.